The molecule has 0 radical (unpaired) electrons. The van der Waals surface area contributed by atoms with Crippen molar-refractivity contribution in [3.05, 3.63) is 23.3 Å². The van der Waals surface area contributed by atoms with Gasteiger partial charge in [-0.25, -0.2) is 0 Å². The van der Waals surface area contributed by atoms with E-state index in [1.165, 1.54) is 44.2 Å². The van der Waals surface area contributed by atoms with Crippen LogP contribution in [0.25, 0.3) is 0 Å². The third kappa shape index (κ3) is 2.51. The molecule has 1 aliphatic carbocycles. The maximum Gasteiger partial charge on any atom is 0.189 e. The second-order valence-electron chi connectivity index (χ2n) is 6.65. The maximum atomic E-state index is 6.06. The molecule has 1 aromatic rings. The van der Waals surface area contributed by atoms with E-state index in [1.54, 1.807) is 0 Å². The van der Waals surface area contributed by atoms with Crippen LogP contribution in [0.4, 0.5) is 5.69 Å². The number of rotatable bonds is 2. The minimum Gasteiger partial charge on any atom is -0.467 e. The Kier molecular flexibility index (Phi) is 3.51. The van der Waals surface area contributed by atoms with Gasteiger partial charge < -0.3 is 15.2 Å². The lowest BCUT2D eigenvalue weighted by atomic mass is 9.85. The number of ether oxygens (including phenoxy) is 2. The molecule has 2 heterocycles. The minimum absolute atomic E-state index is 0.357. The minimum atomic E-state index is 0.357. The van der Waals surface area contributed by atoms with Crippen LogP contribution in [0.15, 0.2) is 12.1 Å². The largest absolute Gasteiger partial charge is 0.467 e. The Labute approximate surface area is 126 Å². The normalized spacial score (nSPS) is 28.8. The Hall–Kier alpha value is -1.26. The molecule has 0 aromatic heterocycles. The van der Waals surface area contributed by atoms with E-state index in [0.29, 0.717) is 13.4 Å². The molecule has 4 heteroatoms. The number of fused-ring (bicyclic) bond motifs is 2. The predicted molar refractivity (Wildman–Crippen MR) is 81.9 cm³/mol. The fourth-order valence-corrected chi connectivity index (χ4v) is 4.36. The van der Waals surface area contributed by atoms with Crippen molar-refractivity contribution in [3.63, 3.8) is 0 Å². The lowest BCUT2D eigenvalue weighted by Gasteiger charge is -2.32. The highest BCUT2D eigenvalue weighted by Crippen LogP contribution is 2.39. The molecular formula is C17H24N2O2. The van der Waals surface area contributed by atoms with E-state index >= 15 is 0 Å². The van der Waals surface area contributed by atoms with Crippen LogP contribution in [0.2, 0.25) is 0 Å². The van der Waals surface area contributed by atoms with Crippen molar-refractivity contribution in [3.8, 4) is 5.75 Å². The molecule has 3 aliphatic rings. The fourth-order valence-electron chi connectivity index (χ4n) is 4.36. The molecule has 114 valence electrons. The Morgan fingerprint density at radius 3 is 3.05 bits per heavy atom. The van der Waals surface area contributed by atoms with Gasteiger partial charge in [0.05, 0.1) is 6.61 Å². The number of nitrogen functional groups attached to an aromatic ring is 1. The number of anilines is 1. The van der Waals surface area contributed by atoms with E-state index in [0.717, 1.165) is 35.5 Å². The van der Waals surface area contributed by atoms with Crippen molar-refractivity contribution in [2.75, 3.05) is 19.1 Å². The molecule has 0 bridgehead atoms. The van der Waals surface area contributed by atoms with E-state index in [9.17, 15) is 0 Å². The summed E-state index contributed by atoms with van der Waals surface area (Å²) < 4.78 is 11.1. The zero-order valence-electron chi connectivity index (χ0n) is 12.5. The number of hydrogen-bond acceptors (Lipinski definition) is 4. The van der Waals surface area contributed by atoms with Crippen LogP contribution in [-0.2, 0) is 17.9 Å². The van der Waals surface area contributed by atoms with Gasteiger partial charge in [-0.1, -0.05) is 12.8 Å². The standard InChI is InChI=1S/C17H24N2O2/c18-15-7-13(17-14(8-15)10-20-11-21-17)9-19-6-5-12-3-1-2-4-16(12)19/h7-8,12,16H,1-6,9-11,18H2. The molecular weight excluding hydrogens is 264 g/mol. The van der Waals surface area contributed by atoms with Crippen molar-refractivity contribution in [1.82, 2.24) is 4.90 Å². The van der Waals surface area contributed by atoms with Gasteiger partial charge in [0.15, 0.2) is 6.79 Å². The molecule has 2 N–H and O–H groups in total. The van der Waals surface area contributed by atoms with Crippen molar-refractivity contribution in [1.29, 1.82) is 0 Å². The molecule has 0 spiro atoms. The molecule has 1 saturated carbocycles. The summed E-state index contributed by atoms with van der Waals surface area (Å²) in [6, 6.07) is 4.83. The van der Waals surface area contributed by atoms with Crippen molar-refractivity contribution < 1.29 is 9.47 Å². The number of hydrogen-bond donors (Lipinski definition) is 1. The zero-order valence-corrected chi connectivity index (χ0v) is 12.5. The Morgan fingerprint density at radius 1 is 1.19 bits per heavy atom. The summed E-state index contributed by atoms with van der Waals surface area (Å²) in [6.07, 6.45) is 6.94. The fraction of sp³-hybridized carbons (Fsp3) is 0.647. The molecule has 2 atom stereocenters. The third-order valence-electron chi connectivity index (χ3n) is 5.31. The van der Waals surface area contributed by atoms with Crippen LogP contribution in [0, 0.1) is 5.92 Å². The van der Waals surface area contributed by atoms with Gasteiger partial charge >= 0.3 is 0 Å². The monoisotopic (exact) mass is 288 g/mol. The van der Waals surface area contributed by atoms with Crippen molar-refractivity contribution in [2.45, 2.75) is 51.3 Å². The van der Waals surface area contributed by atoms with Crippen molar-refractivity contribution >= 4 is 5.69 Å². The first-order valence-electron chi connectivity index (χ1n) is 8.17. The summed E-state index contributed by atoms with van der Waals surface area (Å²) in [5.41, 5.74) is 9.20. The van der Waals surface area contributed by atoms with Gasteiger partial charge in [-0.15, -0.1) is 0 Å². The van der Waals surface area contributed by atoms with E-state index in [1.807, 2.05) is 6.07 Å². The van der Waals surface area contributed by atoms with Crippen LogP contribution in [0.5, 0.6) is 5.75 Å². The topological polar surface area (TPSA) is 47.7 Å². The van der Waals surface area contributed by atoms with Gasteiger partial charge in [-0.05, 0) is 43.9 Å². The molecule has 0 amide bonds. The third-order valence-corrected chi connectivity index (χ3v) is 5.31. The Balaban J connectivity index is 1.58. The van der Waals surface area contributed by atoms with E-state index in [4.69, 9.17) is 15.2 Å². The first-order chi connectivity index (χ1) is 10.3. The zero-order chi connectivity index (χ0) is 14.2. The highest BCUT2D eigenvalue weighted by molar-refractivity contribution is 5.53. The average Bonchev–Trinajstić information content (AvgIpc) is 2.90. The lowest BCUT2D eigenvalue weighted by molar-refractivity contribution is -0.0175. The van der Waals surface area contributed by atoms with Gasteiger partial charge in [0.2, 0.25) is 0 Å². The summed E-state index contributed by atoms with van der Waals surface area (Å²) in [6.45, 7) is 3.15. The van der Waals surface area contributed by atoms with E-state index < -0.39 is 0 Å². The summed E-state index contributed by atoms with van der Waals surface area (Å²) in [5.74, 6) is 1.93. The lowest BCUT2D eigenvalue weighted by Crippen LogP contribution is -2.34. The second-order valence-corrected chi connectivity index (χ2v) is 6.65. The van der Waals surface area contributed by atoms with Crippen LogP contribution >= 0.6 is 0 Å². The Bertz CT molecular complexity index is 532. The summed E-state index contributed by atoms with van der Waals surface area (Å²) in [7, 11) is 0. The Morgan fingerprint density at radius 2 is 2.10 bits per heavy atom. The maximum absolute atomic E-state index is 6.06. The van der Waals surface area contributed by atoms with Gasteiger partial charge in [0.1, 0.15) is 5.75 Å². The van der Waals surface area contributed by atoms with Gasteiger partial charge in [-0.2, -0.15) is 0 Å². The van der Waals surface area contributed by atoms with E-state index in [2.05, 4.69) is 11.0 Å². The van der Waals surface area contributed by atoms with E-state index in [-0.39, 0.29) is 0 Å². The van der Waals surface area contributed by atoms with Gasteiger partial charge in [-0.3, -0.25) is 4.90 Å². The summed E-state index contributed by atoms with van der Waals surface area (Å²) >= 11 is 0. The molecule has 4 rings (SSSR count). The number of benzene rings is 1. The average molecular weight is 288 g/mol. The first-order valence-corrected chi connectivity index (χ1v) is 8.17. The summed E-state index contributed by atoms with van der Waals surface area (Å²) in [4.78, 5) is 2.65. The van der Waals surface area contributed by atoms with Crippen molar-refractivity contribution in [2.24, 2.45) is 5.92 Å². The smallest absolute Gasteiger partial charge is 0.189 e. The highest BCUT2D eigenvalue weighted by Gasteiger charge is 2.36. The molecule has 2 aliphatic heterocycles. The van der Waals surface area contributed by atoms with Gasteiger partial charge in [0.25, 0.3) is 0 Å². The quantitative estimate of drug-likeness (QED) is 0.850. The second kappa shape index (κ2) is 5.50. The van der Waals surface area contributed by atoms with Crippen LogP contribution in [0.1, 0.15) is 43.2 Å². The molecule has 2 unspecified atom stereocenters. The van der Waals surface area contributed by atoms with Crippen LogP contribution < -0.4 is 10.5 Å². The number of nitrogens with zero attached hydrogens (tertiary/aromatic N) is 1. The number of likely N-dealkylation sites (tertiary alicyclic amines) is 1. The molecule has 2 fully saturated rings. The van der Waals surface area contributed by atoms with Crippen LogP contribution in [0.3, 0.4) is 0 Å². The molecule has 4 nitrogen and oxygen atoms in total. The number of nitrogens with two attached hydrogens (primary N) is 1. The molecule has 1 saturated heterocycles. The van der Waals surface area contributed by atoms with Gasteiger partial charge in [0, 0.05) is 29.4 Å². The first kappa shape index (κ1) is 13.4. The SMILES string of the molecule is Nc1cc2c(c(CN3CCC4CCCCC43)c1)OCOC2. The molecule has 21 heavy (non-hydrogen) atoms. The van der Waals surface area contributed by atoms with Crippen LogP contribution in [-0.4, -0.2) is 24.3 Å². The predicted octanol–water partition coefficient (Wildman–Crippen LogP) is 2.90. The molecule has 1 aromatic carbocycles. The highest BCUT2D eigenvalue weighted by atomic mass is 16.7. The summed E-state index contributed by atoms with van der Waals surface area (Å²) in [5, 5.41) is 0.